The lowest BCUT2D eigenvalue weighted by atomic mass is 9.87. The highest BCUT2D eigenvalue weighted by Gasteiger charge is 2.47. The Hall–Kier alpha value is -2.48. The fraction of sp³-hybridized carbons (Fsp3) is 0.758. The second-order valence-electron chi connectivity index (χ2n) is 15.1. The Kier molecular flexibility index (Phi) is 21.0. The van der Waals surface area contributed by atoms with E-state index in [4.69, 9.17) is 10.5 Å². The number of fused-ring (bicyclic) bond motifs is 1. The average Bonchev–Trinajstić information content (AvgIpc) is 3.75. The molecular formula is C33H54N7O18P3S-4. The third-order valence-corrected chi connectivity index (χ3v) is 13.5. The summed E-state index contributed by atoms with van der Waals surface area (Å²) in [5.74, 6) is -1.61. The van der Waals surface area contributed by atoms with Crippen LogP contribution in [0.1, 0.15) is 85.3 Å². The molecule has 62 heavy (non-hydrogen) atoms. The van der Waals surface area contributed by atoms with Crippen LogP contribution in [0, 0.1) is 11.3 Å². The van der Waals surface area contributed by atoms with Gasteiger partial charge in [0, 0.05) is 30.7 Å². The maximum Gasteiger partial charge on any atom is 0.274 e. The number of hydrogen-bond donors (Lipinski definition) is 6. The van der Waals surface area contributed by atoms with Crippen molar-refractivity contribution in [1.82, 2.24) is 30.2 Å². The largest absolute Gasteiger partial charge is 0.790 e. The van der Waals surface area contributed by atoms with Crippen molar-refractivity contribution in [3.63, 3.8) is 0 Å². The molecule has 2 aromatic heterocycles. The van der Waals surface area contributed by atoms with E-state index in [9.17, 15) is 63.0 Å². The average molecular weight is 962 g/mol. The van der Waals surface area contributed by atoms with Crippen LogP contribution in [0.5, 0.6) is 0 Å². The van der Waals surface area contributed by atoms with Gasteiger partial charge in [-0.05, 0) is 12.3 Å². The monoisotopic (exact) mass is 961 g/mol. The summed E-state index contributed by atoms with van der Waals surface area (Å²) in [5, 5.41) is 36.2. The minimum absolute atomic E-state index is 0.0252. The highest BCUT2D eigenvalue weighted by molar-refractivity contribution is 8.13. The maximum absolute atomic E-state index is 12.6. The van der Waals surface area contributed by atoms with E-state index < -0.39 is 95.8 Å². The van der Waals surface area contributed by atoms with Gasteiger partial charge in [0.05, 0.1) is 27.4 Å². The molecule has 0 bridgehead atoms. The van der Waals surface area contributed by atoms with Crippen molar-refractivity contribution in [2.24, 2.45) is 11.3 Å². The van der Waals surface area contributed by atoms with Crippen LogP contribution in [-0.2, 0) is 50.7 Å². The maximum atomic E-state index is 12.6. The van der Waals surface area contributed by atoms with E-state index in [0.717, 1.165) is 61.1 Å². The molecule has 2 amide bonds. The number of ether oxygens (including phenoxy) is 1. The molecule has 1 aliphatic heterocycles. The molecule has 0 radical (unpaired) electrons. The Labute approximate surface area is 361 Å². The molecule has 0 spiro atoms. The zero-order valence-corrected chi connectivity index (χ0v) is 38.0. The molecule has 0 aliphatic carbocycles. The van der Waals surface area contributed by atoms with Gasteiger partial charge in [-0.25, -0.2) is 19.3 Å². The predicted molar refractivity (Wildman–Crippen MR) is 211 cm³/mol. The van der Waals surface area contributed by atoms with Crippen LogP contribution in [0.3, 0.4) is 0 Å². The fourth-order valence-electron chi connectivity index (χ4n) is 5.98. The summed E-state index contributed by atoms with van der Waals surface area (Å²) in [6, 6.07) is 0. The number of amides is 2. The van der Waals surface area contributed by atoms with Crippen LogP contribution < -0.4 is 35.9 Å². The first kappa shape index (κ1) is 53.9. The lowest BCUT2D eigenvalue weighted by Gasteiger charge is -2.36. The molecule has 0 aromatic carbocycles. The Bertz CT molecular complexity index is 1940. The second-order valence-corrected chi connectivity index (χ2v) is 20.3. The predicted octanol–water partition coefficient (Wildman–Crippen LogP) is -1.12. The molecule has 1 fully saturated rings. The summed E-state index contributed by atoms with van der Waals surface area (Å²) in [7, 11) is -17.6. The summed E-state index contributed by atoms with van der Waals surface area (Å²) in [6.07, 6.45) is -1.46. The van der Waals surface area contributed by atoms with Gasteiger partial charge in [0.15, 0.2) is 17.7 Å². The van der Waals surface area contributed by atoms with Gasteiger partial charge in [0.25, 0.3) is 15.6 Å². The van der Waals surface area contributed by atoms with E-state index in [2.05, 4.69) is 50.4 Å². The molecular weight excluding hydrogens is 907 g/mol. The first-order valence-corrected chi connectivity index (χ1v) is 24.9. The molecule has 2 aromatic rings. The number of imidazole rings is 1. The molecule has 3 heterocycles. The van der Waals surface area contributed by atoms with Crippen LogP contribution in [0.4, 0.5) is 5.82 Å². The van der Waals surface area contributed by atoms with Gasteiger partial charge in [-0.1, -0.05) is 78.0 Å². The number of phosphoric ester groups is 3. The normalized spacial score (nSPS) is 21.8. The van der Waals surface area contributed by atoms with Gasteiger partial charge in [-0.3, -0.25) is 28.1 Å². The van der Waals surface area contributed by atoms with Crippen molar-refractivity contribution in [2.75, 3.05) is 37.8 Å². The Morgan fingerprint density at radius 1 is 1.00 bits per heavy atom. The number of carbonyl (C=O) groups is 3. The van der Waals surface area contributed by atoms with Crippen molar-refractivity contribution >= 4 is 69.1 Å². The molecule has 4 unspecified atom stereocenters. The lowest BCUT2D eigenvalue weighted by molar-refractivity contribution is -0.347. The van der Waals surface area contributed by atoms with Gasteiger partial charge in [-0.15, -0.1) is 0 Å². The van der Waals surface area contributed by atoms with E-state index >= 15 is 0 Å². The van der Waals surface area contributed by atoms with Crippen LogP contribution in [0.15, 0.2) is 12.7 Å². The number of nitrogens with one attached hydrogen (secondary N) is 2. The molecule has 3 rings (SSSR count). The first-order chi connectivity index (χ1) is 28.9. The first-order valence-electron chi connectivity index (χ1n) is 19.5. The van der Waals surface area contributed by atoms with Gasteiger partial charge in [0.1, 0.15) is 42.4 Å². The van der Waals surface area contributed by atoms with Crippen LogP contribution >= 0.6 is 35.2 Å². The second kappa shape index (κ2) is 24.2. The summed E-state index contributed by atoms with van der Waals surface area (Å²) >= 11 is 0.895. The summed E-state index contributed by atoms with van der Waals surface area (Å²) in [5.41, 5.74) is 4.05. The van der Waals surface area contributed by atoms with Crippen LogP contribution in [-0.4, -0.2) is 114 Å². The number of carbonyl (C=O) groups excluding carboxylic acids is 3. The van der Waals surface area contributed by atoms with Crippen molar-refractivity contribution in [3.05, 3.63) is 12.7 Å². The number of rotatable bonds is 28. The Balaban J connectivity index is 1.41. The number of thioether (sulfide) groups is 1. The van der Waals surface area contributed by atoms with Gasteiger partial charge in [0.2, 0.25) is 16.9 Å². The molecule has 1 saturated heterocycles. The number of unbranched alkanes of at least 4 members (excludes halogenated alkanes) is 5. The smallest absolute Gasteiger partial charge is 0.274 e. The number of anilines is 1. The SMILES string of the molecule is CCCCCCCCC(C)C(O)C(=O)SCCNC(=O)CCNC(=O)[C@H](O)C(C)(C)COP(=O)([O-])OP(=O)([O-])OC[C@H]1O[C@@H](n2cnc3c(N)ncnc32)[C@H](O)[C@@H]1OP(=O)([O-])[O-]. The lowest BCUT2D eigenvalue weighted by Crippen LogP contribution is -2.46. The number of aromatic nitrogens is 4. The van der Waals surface area contributed by atoms with E-state index in [1.165, 1.54) is 26.7 Å². The van der Waals surface area contributed by atoms with E-state index in [1.54, 1.807) is 0 Å². The zero-order valence-electron chi connectivity index (χ0n) is 34.5. The number of nitrogen functional groups attached to an aromatic ring is 1. The summed E-state index contributed by atoms with van der Waals surface area (Å²) in [4.78, 5) is 96.8. The van der Waals surface area contributed by atoms with Crippen molar-refractivity contribution < 1.29 is 85.6 Å². The minimum Gasteiger partial charge on any atom is -0.790 e. The van der Waals surface area contributed by atoms with Crippen molar-refractivity contribution in [3.8, 4) is 0 Å². The summed E-state index contributed by atoms with van der Waals surface area (Å²) < 4.78 is 60.7. The standard InChI is InChI=1S/C33H58N7O18P3S/c1-5-6-7-8-9-10-11-20(2)24(42)32(46)62-15-14-35-22(41)12-13-36-30(45)27(44)33(3,4)17-55-61(52,53)58-60(50,51)54-16-21-26(57-59(47,48)49)25(43)31(56-21)40-19-39-23-28(34)37-18-38-29(23)40/h18-21,24-27,31,42-44H,5-17H2,1-4H3,(H,35,41)(H,36,45)(H,50,51)(H,52,53)(H2,34,37,38)(H2,47,48,49)/p-4/t20?,21-,24?,25-,26-,27+,31-/m1/s1. The highest BCUT2D eigenvalue weighted by atomic mass is 32.2. The zero-order chi connectivity index (χ0) is 46.5. The fourth-order valence-corrected chi connectivity index (χ4v) is 9.53. The van der Waals surface area contributed by atoms with Gasteiger partial charge >= 0.3 is 0 Å². The molecule has 1 aliphatic rings. The third-order valence-electron chi connectivity index (χ3n) is 9.51. The van der Waals surface area contributed by atoms with Crippen molar-refractivity contribution in [2.45, 2.75) is 116 Å². The van der Waals surface area contributed by atoms with Crippen LogP contribution in [0.25, 0.3) is 11.2 Å². The van der Waals surface area contributed by atoms with E-state index in [1.807, 2.05) is 6.92 Å². The quantitative estimate of drug-likeness (QED) is 0.0435. The van der Waals surface area contributed by atoms with E-state index in [0.29, 0.717) is 0 Å². The third kappa shape index (κ3) is 17.1. The minimum atomic E-state index is -5.93. The number of nitrogens with two attached hydrogens (primary N) is 1. The molecule has 29 heteroatoms. The number of aliphatic hydroxyl groups is 3. The van der Waals surface area contributed by atoms with Crippen molar-refractivity contribution in [1.29, 1.82) is 0 Å². The molecule has 354 valence electrons. The molecule has 0 saturated carbocycles. The number of hydrogen-bond acceptors (Lipinski definition) is 23. The highest BCUT2D eigenvalue weighted by Crippen LogP contribution is 2.56. The number of phosphoric acid groups is 3. The number of aliphatic hydroxyl groups excluding tert-OH is 3. The van der Waals surface area contributed by atoms with Crippen LogP contribution in [0.2, 0.25) is 0 Å². The molecule has 7 N–H and O–H groups in total. The molecule has 25 nitrogen and oxygen atoms in total. The van der Waals surface area contributed by atoms with Gasteiger partial charge < -0.3 is 74.1 Å². The Morgan fingerprint density at radius 3 is 2.34 bits per heavy atom. The topological polar surface area (TPSA) is 395 Å². The molecule has 9 atom stereocenters. The Morgan fingerprint density at radius 2 is 1.66 bits per heavy atom. The number of nitrogens with zero attached hydrogens (tertiary/aromatic N) is 4. The van der Waals surface area contributed by atoms with E-state index in [-0.39, 0.29) is 48.2 Å². The van der Waals surface area contributed by atoms with Gasteiger partial charge in [-0.2, -0.15) is 0 Å². The summed E-state index contributed by atoms with van der Waals surface area (Å²) in [6.45, 7) is 3.90.